The minimum atomic E-state index is 0.000578. The molecule has 1 aliphatic heterocycles. The highest BCUT2D eigenvalue weighted by Gasteiger charge is 2.29. The Kier molecular flexibility index (Phi) is 12.4. The van der Waals surface area contributed by atoms with Crippen molar-refractivity contribution in [2.45, 2.75) is 109 Å². The fourth-order valence-electron chi connectivity index (χ4n) is 3.07. The Labute approximate surface area is 151 Å². The molecule has 1 heterocycles. The molecule has 0 aromatic heterocycles. The summed E-state index contributed by atoms with van der Waals surface area (Å²) in [4.78, 5) is 11.9. The van der Waals surface area contributed by atoms with E-state index in [2.05, 4.69) is 20.8 Å². The molecule has 1 aliphatic rings. The summed E-state index contributed by atoms with van der Waals surface area (Å²) < 4.78 is 5.63. The van der Waals surface area contributed by atoms with Crippen LogP contribution in [-0.4, -0.2) is 16.7 Å². The molecule has 1 rings (SSSR count). The van der Waals surface area contributed by atoms with Crippen LogP contribution in [0, 0.1) is 5.92 Å². The molecule has 3 atom stereocenters. The third kappa shape index (κ3) is 10.6. The number of hydrogen-bond acceptors (Lipinski definition) is 4. The Morgan fingerprint density at radius 3 is 2.43 bits per heavy atom. The first kappa shape index (κ1) is 21.2. The van der Waals surface area contributed by atoms with Crippen LogP contribution >= 0.6 is 21.6 Å². The number of ether oxygens (including phenoxy) is 1. The van der Waals surface area contributed by atoms with E-state index in [-0.39, 0.29) is 11.4 Å². The van der Waals surface area contributed by atoms with Crippen LogP contribution in [0.3, 0.4) is 0 Å². The summed E-state index contributed by atoms with van der Waals surface area (Å²) >= 11 is 0. The van der Waals surface area contributed by atoms with Crippen LogP contribution in [0.2, 0.25) is 0 Å². The number of rotatable bonds is 13. The van der Waals surface area contributed by atoms with Gasteiger partial charge in [0, 0.05) is 18.1 Å². The average Bonchev–Trinajstić information content (AvgIpc) is 2.93. The number of unbranched alkanes of at least 4 members (excludes halogenated alkanes) is 6. The average molecular weight is 361 g/mol. The minimum absolute atomic E-state index is 0.000578. The van der Waals surface area contributed by atoms with Gasteiger partial charge in [-0.05, 0) is 23.1 Å². The fourth-order valence-corrected chi connectivity index (χ4v) is 6.17. The molecular weight excluding hydrogens is 324 g/mol. The van der Waals surface area contributed by atoms with Crippen molar-refractivity contribution in [2.24, 2.45) is 5.92 Å². The second-order valence-corrected chi connectivity index (χ2v) is 9.71. The summed E-state index contributed by atoms with van der Waals surface area (Å²) in [5.41, 5.74) is 0.0934. The molecule has 0 aromatic carbocycles. The third-order valence-corrected chi connectivity index (χ3v) is 7.55. The lowest BCUT2D eigenvalue weighted by Gasteiger charge is -2.13. The molecule has 0 radical (unpaired) electrons. The molecule has 0 aliphatic carbocycles. The summed E-state index contributed by atoms with van der Waals surface area (Å²) in [5.74, 6) is 0.454. The molecule has 0 aromatic rings. The Morgan fingerprint density at radius 2 is 1.74 bits per heavy atom. The lowest BCUT2D eigenvalue weighted by atomic mass is 10.0. The van der Waals surface area contributed by atoms with Gasteiger partial charge in [-0.1, -0.05) is 89.4 Å². The molecule has 0 spiro atoms. The van der Waals surface area contributed by atoms with Crippen LogP contribution in [0.5, 0.6) is 0 Å². The number of carbonyl (C=O) groups excluding carboxylic acids is 1. The standard InChI is InChI=1S/C19H36O2S2/c1-4-6-7-8-9-10-11-13-17-15-19(23-22-17)21-18(20)14-16(3)12-5-2/h16-17,19H,4-15H2,1-3H3. The monoisotopic (exact) mass is 360 g/mol. The van der Waals surface area contributed by atoms with Crippen molar-refractivity contribution >= 4 is 27.6 Å². The molecule has 1 saturated heterocycles. The maximum atomic E-state index is 11.9. The molecule has 0 bridgehead atoms. The van der Waals surface area contributed by atoms with E-state index in [9.17, 15) is 4.79 Å². The number of carbonyl (C=O) groups is 1. The highest BCUT2D eigenvalue weighted by atomic mass is 33.1. The third-order valence-electron chi connectivity index (χ3n) is 4.44. The summed E-state index contributed by atoms with van der Waals surface area (Å²) in [5, 5.41) is 0.682. The largest absolute Gasteiger partial charge is 0.450 e. The first-order valence-electron chi connectivity index (χ1n) is 9.67. The molecule has 2 nitrogen and oxygen atoms in total. The van der Waals surface area contributed by atoms with Crippen molar-refractivity contribution < 1.29 is 9.53 Å². The highest BCUT2D eigenvalue weighted by Crippen LogP contribution is 2.46. The zero-order chi connectivity index (χ0) is 16.9. The summed E-state index contributed by atoms with van der Waals surface area (Å²) in [6.07, 6.45) is 14.8. The second-order valence-electron chi connectivity index (χ2n) is 6.98. The van der Waals surface area contributed by atoms with Crippen LogP contribution in [0.15, 0.2) is 0 Å². The lowest BCUT2D eigenvalue weighted by Crippen LogP contribution is -2.16. The molecule has 4 heteroatoms. The maximum Gasteiger partial charge on any atom is 0.307 e. The topological polar surface area (TPSA) is 26.3 Å². The van der Waals surface area contributed by atoms with E-state index in [4.69, 9.17) is 4.74 Å². The van der Waals surface area contributed by atoms with Crippen LogP contribution < -0.4 is 0 Å². The van der Waals surface area contributed by atoms with E-state index in [1.807, 2.05) is 10.8 Å². The van der Waals surface area contributed by atoms with Crippen molar-refractivity contribution in [1.29, 1.82) is 0 Å². The predicted octanol–water partition coefficient (Wildman–Crippen LogP) is 6.98. The molecule has 23 heavy (non-hydrogen) atoms. The van der Waals surface area contributed by atoms with Crippen LogP contribution in [-0.2, 0) is 9.53 Å². The minimum Gasteiger partial charge on any atom is -0.450 e. The van der Waals surface area contributed by atoms with E-state index in [0.29, 0.717) is 17.6 Å². The van der Waals surface area contributed by atoms with Gasteiger partial charge in [-0.15, -0.1) is 0 Å². The molecule has 1 fully saturated rings. The quantitative estimate of drug-likeness (QED) is 0.201. The molecule has 0 amide bonds. The van der Waals surface area contributed by atoms with Gasteiger partial charge in [-0.2, -0.15) is 0 Å². The van der Waals surface area contributed by atoms with E-state index in [1.54, 1.807) is 10.8 Å². The van der Waals surface area contributed by atoms with Crippen LogP contribution in [0.4, 0.5) is 0 Å². The van der Waals surface area contributed by atoms with Gasteiger partial charge in [0.1, 0.15) is 0 Å². The second kappa shape index (κ2) is 13.5. The highest BCUT2D eigenvalue weighted by molar-refractivity contribution is 8.77. The Balaban J connectivity index is 2.03. The number of hydrogen-bond donors (Lipinski definition) is 0. The smallest absolute Gasteiger partial charge is 0.307 e. The van der Waals surface area contributed by atoms with Gasteiger partial charge in [0.05, 0.1) is 0 Å². The SMILES string of the molecule is CCCCCCCCCC1CC(OC(=O)CC(C)CCC)SS1. The Bertz CT molecular complexity index is 310. The van der Waals surface area contributed by atoms with Gasteiger partial charge in [0.25, 0.3) is 0 Å². The molecule has 0 N–H and O–H groups in total. The van der Waals surface area contributed by atoms with Crippen molar-refractivity contribution in [1.82, 2.24) is 0 Å². The van der Waals surface area contributed by atoms with Crippen molar-refractivity contribution in [2.75, 3.05) is 0 Å². The van der Waals surface area contributed by atoms with Crippen LogP contribution in [0.25, 0.3) is 0 Å². The molecule has 136 valence electrons. The van der Waals surface area contributed by atoms with Crippen molar-refractivity contribution in [3.05, 3.63) is 0 Å². The van der Waals surface area contributed by atoms with E-state index < -0.39 is 0 Å². The van der Waals surface area contributed by atoms with Gasteiger partial charge < -0.3 is 4.74 Å². The van der Waals surface area contributed by atoms with E-state index >= 15 is 0 Å². The predicted molar refractivity (Wildman–Crippen MR) is 105 cm³/mol. The molecule has 3 unspecified atom stereocenters. The first-order valence-corrected chi connectivity index (χ1v) is 11.9. The van der Waals surface area contributed by atoms with E-state index in [1.165, 1.54) is 51.4 Å². The van der Waals surface area contributed by atoms with Gasteiger partial charge in [0.2, 0.25) is 0 Å². The fraction of sp³-hybridized carbons (Fsp3) is 0.947. The van der Waals surface area contributed by atoms with Gasteiger partial charge in [-0.3, -0.25) is 4.79 Å². The van der Waals surface area contributed by atoms with E-state index in [0.717, 1.165) is 19.3 Å². The van der Waals surface area contributed by atoms with Crippen molar-refractivity contribution in [3.8, 4) is 0 Å². The van der Waals surface area contributed by atoms with Gasteiger partial charge in [0.15, 0.2) is 5.44 Å². The summed E-state index contributed by atoms with van der Waals surface area (Å²) in [7, 11) is 3.70. The molecular formula is C19H36O2S2. The maximum absolute atomic E-state index is 11.9. The zero-order valence-electron chi connectivity index (χ0n) is 15.4. The summed E-state index contributed by atoms with van der Waals surface area (Å²) in [6, 6.07) is 0. The lowest BCUT2D eigenvalue weighted by molar-refractivity contribution is -0.146. The Morgan fingerprint density at radius 1 is 1.04 bits per heavy atom. The number of esters is 1. The van der Waals surface area contributed by atoms with Gasteiger partial charge >= 0.3 is 5.97 Å². The molecule has 0 saturated carbocycles. The van der Waals surface area contributed by atoms with Crippen LogP contribution in [0.1, 0.15) is 97.8 Å². The normalized spacial score (nSPS) is 22.2. The Hall–Kier alpha value is 0.170. The summed E-state index contributed by atoms with van der Waals surface area (Å²) in [6.45, 7) is 6.58. The first-order chi connectivity index (χ1) is 11.2. The van der Waals surface area contributed by atoms with Gasteiger partial charge in [-0.25, -0.2) is 0 Å². The zero-order valence-corrected chi connectivity index (χ0v) is 17.0. The van der Waals surface area contributed by atoms with Crippen molar-refractivity contribution in [3.63, 3.8) is 0 Å².